The summed E-state index contributed by atoms with van der Waals surface area (Å²) in [4.78, 5) is 20.9. The van der Waals surface area contributed by atoms with Gasteiger partial charge in [-0.3, -0.25) is 9.36 Å². The molecule has 1 atom stereocenters. The van der Waals surface area contributed by atoms with Crippen molar-refractivity contribution in [2.24, 2.45) is 0 Å². The maximum Gasteiger partial charge on any atom is 0.242 e. The summed E-state index contributed by atoms with van der Waals surface area (Å²) in [5, 5.41) is 10.1. The van der Waals surface area contributed by atoms with E-state index in [1.54, 1.807) is 11.2 Å². The van der Waals surface area contributed by atoms with Gasteiger partial charge in [0.2, 0.25) is 11.9 Å². The zero-order valence-corrected chi connectivity index (χ0v) is 17.8. The van der Waals surface area contributed by atoms with Crippen LogP contribution in [-0.4, -0.2) is 56.7 Å². The van der Waals surface area contributed by atoms with E-state index in [1.807, 2.05) is 54.4 Å². The third-order valence-corrected chi connectivity index (χ3v) is 5.84. The van der Waals surface area contributed by atoms with Gasteiger partial charge in [0.25, 0.3) is 0 Å². The van der Waals surface area contributed by atoms with Crippen molar-refractivity contribution in [2.45, 2.75) is 26.4 Å². The van der Waals surface area contributed by atoms with Crippen molar-refractivity contribution in [3.63, 3.8) is 0 Å². The number of carbonyl (C=O) groups excluding carboxylic acids is 1. The number of fused-ring (bicyclic) bond motifs is 1. The van der Waals surface area contributed by atoms with Gasteiger partial charge in [-0.05, 0) is 38.1 Å². The molecule has 31 heavy (non-hydrogen) atoms. The van der Waals surface area contributed by atoms with Crippen LogP contribution in [0, 0.1) is 0 Å². The van der Waals surface area contributed by atoms with Crippen LogP contribution < -0.4 is 4.90 Å². The number of nitrogens with zero attached hydrogens (tertiary/aromatic N) is 6. The molecule has 1 unspecified atom stereocenters. The van der Waals surface area contributed by atoms with E-state index >= 15 is 0 Å². The molecule has 3 aromatic heterocycles. The van der Waals surface area contributed by atoms with Gasteiger partial charge in [-0.2, -0.15) is 0 Å². The molecule has 1 saturated heterocycles. The predicted octanol–water partition coefficient (Wildman–Crippen LogP) is 3.44. The Hall–Kier alpha value is -3.68. The van der Waals surface area contributed by atoms with Crippen LogP contribution in [-0.2, 0) is 11.3 Å². The van der Waals surface area contributed by atoms with Gasteiger partial charge in [0, 0.05) is 37.1 Å². The smallest absolute Gasteiger partial charge is 0.242 e. The Bertz CT molecular complexity index is 1250. The standard InChI is InChI=1S/C23H24N6O2/c1-4-28-22(25-26-23(28)29-14-21(30)27(3)13-15(29)2)17-12-19(20-10-7-11-31-20)24-18-9-6-5-8-16(17)18/h5-12,15H,4,13-14H2,1-3H3. The molecule has 4 aromatic rings. The van der Waals surface area contributed by atoms with Crippen LogP contribution in [0.5, 0.6) is 0 Å². The molecule has 5 rings (SSSR count). The minimum absolute atomic E-state index is 0.0831. The maximum absolute atomic E-state index is 12.4. The number of hydrogen-bond acceptors (Lipinski definition) is 6. The summed E-state index contributed by atoms with van der Waals surface area (Å²) in [6.45, 7) is 5.80. The third kappa shape index (κ3) is 3.24. The van der Waals surface area contributed by atoms with Gasteiger partial charge in [-0.15, -0.1) is 10.2 Å². The highest BCUT2D eigenvalue weighted by Gasteiger charge is 2.31. The first-order chi connectivity index (χ1) is 15.1. The van der Waals surface area contributed by atoms with Crippen LogP contribution >= 0.6 is 0 Å². The summed E-state index contributed by atoms with van der Waals surface area (Å²) in [6.07, 6.45) is 1.64. The highest BCUT2D eigenvalue weighted by atomic mass is 16.3. The van der Waals surface area contributed by atoms with Crippen molar-refractivity contribution in [1.82, 2.24) is 24.6 Å². The number of piperazine rings is 1. The highest BCUT2D eigenvalue weighted by molar-refractivity contribution is 5.95. The molecule has 1 aliphatic rings. The van der Waals surface area contributed by atoms with E-state index in [4.69, 9.17) is 9.40 Å². The zero-order valence-electron chi connectivity index (χ0n) is 17.8. The SMILES string of the molecule is CCn1c(-c2cc(-c3ccco3)nc3ccccc23)nnc1N1CC(=O)N(C)CC1C. The summed E-state index contributed by atoms with van der Waals surface area (Å²) >= 11 is 0. The molecule has 0 N–H and O–H groups in total. The van der Waals surface area contributed by atoms with Gasteiger partial charge in [0.05, 0.1) is 11.8 Å². The van der Waals surface area contributed by atoms with Crippen molar-refractivity contribution < 1.29 is 9.21 Å². The Labute approximate surface area is 180 Å². The van der Waals surface area contributed by atoms with E-state index in [2.05, 4.69) is 28.6 Å². The number of hydrogen-bond donors (Lipinski definition) is 0. The largest absolute Gasteiger partial charge is 0.463 e. The lowest BCUT2D eigenvalue weighted by molar-refractivity contribution is -0.130. The van der Waals surface area contributed by atoms with Crippen molar-refractivity contribution in [2.75, 3.05) is 25.0 Å². The number of furan rings is 1. The molecule has 8 heteroatoms. The molecule has 8 nitrogen and oxygen atoms in total. The van der Waals surface area contributed by atoms with Crippen LogP contribution in [0.2, 0.25) is 0 Å². The minimum atomic E-state index is 0.0831. The normalized spacial score (nSPS) is 17.0. The van der Waals surface area contributed by atoms with Crippen molar-refractivity contribution in [1.29, 1.82) is 0 Å². The fraction of sp³-hybridized carbons (Fsp3) is 0.304. The van der Waals surface area contributed by atoms with Gasteiger partial charge < -0.3 is 14.2 Å². The Morgan fingerprint density at radius 3 is 2.77 bits per heavy atom. The third-order valence-electron chi connectivity index (χ3n) is 5.84. The number of likely N-dealkylation sites (N-methyl/N-ethyl adjacent to an activating group) is 1. The van der Waals surface area contributed by atoms with Crippen LogP contribution in [0.25, 0.3) is 33.7 Å². The molecular weight excluding hydrogens is 392 g/mol. The predicted molar refractivity (Wildman–Crippen MR) is 119 cm³/mol. The number of anilines is 1. The second-order valence-corrected chi connectivity index (χ2v) is 7.87. The Balaban J connectivity index is 1.67. The highest BCUT2D eigenvalue weighted by Crippen LogP contribution is 2.33. The summed E-state index contributed by atoms with van der Waals surface area (Å²) in [6, 6.07) is 13.9. The second kappa shape index (κ2) is 7.54. The lowest BCUT2D eigenvalue weighted by Gasteiger charge is -2.38. The van der Waals surface area contributed by atoms with Gasteiger partial charge in [-0.25, -0.2) is 4.98 Å². The van der Waals surface area contributed by atoms with Crippen molar-refractivity contribution in [3.05, 3.63) is 48.7 Å². The molecule has 1 fully saturated rings. The first kappa shape index (κ1) is 19.3. The second-order valence-electron chi connectivity index (χ2n) is 7.87. The van der Waals surface area contributed by atoms with Crippen LogP contribution in [0.15, 0.2) is 53.1 Å². The van der Waals surface area contributed by atoms with E-state index < -0.39 is 0 Å². The summed E-state index contributed by atoms with van der Waals surface area (Å²) < 4.78 is 7.67. The molecule has 0 saturated carbocycles. The molecule has 4 heterocycles. The van der Waals surface area contributed by atoms with E-state index in [0.717, 1.165) is 28.0 Å². The van der Waals surface area contributed by atoms with Gasteiger partial charge in [0.15, 0.2) is 11.6 Å². The molecule has 0 bridgehead atoms. The fourth-order valence-corrected chi connectivity index (χ4v) is 4.20. The number of benzene rings is 1. The average molecular weight is 416 g/mol. The topological polar surface area (TPSA) is 80.3 Å². The molecule has 158 valence electrons. The average Bonchev–Trinajstić information content (AvgIpc) is 3.45. The Morgan fingerprint density at radius 2 is 2.00 bits per heavy atom. The maximum atomic E-state index is 12.4. The van der Waals surface area contributed by atoms with E-state index in [0.29, 0.717) is 31.3 Å². The van der Waals surface area contributed by atoms with E-state index in [-0.39, 0.29) is 11.9 Å². The first-order valence-corrected chi connectivity index (χ1v) is 10.4. The van der Waals surface area contributed by atoms with Crippen molar-refractivity contribution >= 4 is 22.8 Å². The number of carbonyl (C=O) groups is 1. The van der Waals surface area contributed by atoms with Crippen molar-refractivity contribution in [3.8, 4) is 22.8 Å². The quantitative estimate of drug-likeness (QED) is 0.507. The number of rotatable bonds is 4. The van der Waals surface area contributed by atoms with Gasteiger partial charge in [-0.1, -0.05) is 18.2 Å². The fourth-order valence-electron chi connectivity index (χ4n) is 4.20. The number of pyridine rings is 1. The Kier molecular flexibility index (Phi) is 4.69. The van der Waals surface area contributed by atoms with Gasteiger partial charge >= 0.3 is 0 Å². The lowest BCUT2D eigenvalue weighted by atomic mass is 10.1. The number of aromatic nitrogens is 4. The first-order valence-electron chi connectivity index (χ1n) is 10.4. The molecule has 0 spiro atoms. The summed E-state index contributed by atoms with van der Waals surface area (Å²) in [5.74, 6) is 2.25. The Morgan fingerprint density at radius 1 is 1.16 bits per heavy atom. The van der Waals surface area contributed by atoms with E-state index in [9.17, 15) is 4.79 Å². The monoisotopic (exact) mass is 416 g/mol. The minimum Gasteiger partial charge on any atom is -0.463 e. The molecule has 1 amide bonds. The van der Waals surface area contributed by atoms with E-state index in [1.165, 1.54) is 0 Å². The lowest BCUT2D eigenvalue weighted by Crippen LogP contribution is -2.54. The molecule has 1 aromatic carbocycles. The molecule has 1 aliphatic heterocycles. The summed E-state index contributed by atoms with van der Waals surface area (Å²) in [7, 11) is 1.84. The number of amides is 1. The molecule has 0 radical (unpaired) electrons. The molecular formula is C23H24N6O2. The molecule has 0 aliphatic carbocycles. The number of para-hydroxylation sites is 1. The van der Waals surface area contributed by atoms with Gasteiger partial charge in [0.1, 0.15) is 12.2 Å². The summed E-state index contributed by atoms with van der Waals surface area (Å²) in [5.41, 5.74) is 2.54. The van der Waals surface area contributed by atoms with Crippen LogP contribution in [0.1, 0.15) is 13.8 Å². The zero-order chi connectivity index (χ0) is 21.5. The van der Waals surface area contributed by atoms with Crippen LogP contribution in [0.4, 0.5) is 5.95 Å². The van der Waals surface area contributed by atoms with Crippen LogP contribution in [0.3, 0.4) is 0 Å².